The van der Waals surface area contributed by atoms with Crippen LogP contribution in [-0.2, 0) is 0 Å². The van der Waals surface area contributed by atoms with Crippen LogP contribution < -0.4 is 15.2 Å². The van der Waals surface area contributed by atoms with Crippen LogP contribution >= 0.6 is 0 Å². The zero-order valence-electron chi connectivity index (χ0n) is 11.7. The van der Waals surface area contributed by atoms with Crippen molar-refractivity contribution in [1.82, 2.24) is 4.98 Å². The van der Waals surface area contributed by atoms with Gasteiger partial charge in [-0.05, 0) is 43.3 Å². The molecule has 0 aliphatic carbocycles. The number of pyridine rings is 1. The number of hydrogen-bond acceptors (Lipinski definition) is 4. The summed E-state index contributed by atoms with van der Waals surface area (Å²) >= 11 is 0. The summed E-state index contributed by atoms with van der Waals surface area (Å²) in [7, 11) is 0. The highest BCUT2D eigenvalue weighted by molar-refractivity contribution is 5.85. The van der Waals surface area contributed by atoms with Crippen molar-refractivity contribution in [2.24, 2.45) is 0 Å². The predicted octanol–water partition coefficient (Wildman–Crippen LogP) is 4.01. The molecule has 0 unspecified atom stereocenters. The highest BCUT2D eigenvalue weighted by atomic mass is 16.5. The molecule has 2 N–H and O–H groups in total. The molecule has 0 aliphatic rings. The van der Waals surface area contributed by atoms with E-state index < -0.39 is 0 Å². The van der Waals surface area contributed by atoms with Gasteiger partial charge < -0.3 is 15.2 Å². The van der Waals surface area contributed by atoms with Gasteiger partial charge in [0.15, 0.2) is 0 Å². The minimum atomic E-state index is 0.561. The second kappa shape index (κ2) is 5.71. The number of nitrogens with zero attached hydrogens (tertiary/aromatic N) is 1. The summed E-state index contributed by atoms with van der Waals surface area (Å²) in [6.45, 7) is 2.48. The molecule has 3 aromatic rings. The maximum absolute atomic E-state index is 5.96. The van der Waals surface area contributed by atoms with Gasteiger partial charge in [-0.15, -0.1) is 0 Å². The lowest BCUT2D eigenvalue weighted by molar-refractivity contribution is 0.340. The molecule has 2 aromatic carbocycles. The molecule has 1 heterocycles. The van der Waals surface area contributed by atoms with Gasteiger partial charge in [-0.1, -0.05) is 6.07 Å². The number of fused-ring (bicyclic) bond motifs is 1. The number of aromatic nitrogens is 1. The molecule has 3 rings (SSSR count). The minimum Gasteiger partial charge on any atom is -0.492 e. The van der Waals surface area contributed by atoms with Gasteiger partial charge in [0.25, 0.3) is 0 Å². The van der Waals surface area contributed by atoms with Gasteiger partial charge in [0.2, 0.25) is 0 Å². The Kier molecular flexibility index (Phi) is 3.60. The Balaban J connectivity index is 1.97. The molecule has 0 spiro atoms. The Bertz CT molecular complexity index is 766. The summed E-state index contributed by atoms with van der Waals surface area (Å²) in [5.41, 5.74) is 7.37. The lowest BCUT2D eigenvalue weighted by Gasteiger charge is -2.11. The van der Waals surface area contributed by atoms with Crippen LogP contribution in [0.15, 0.2) is 54.7 Å². The van der Waals surface area contributed by atoms with Crippen molar-refractivity contribution in [2.75, 3.05) is 12.3 Å². The first-order valence-electron chi connectivity index (χ1n) is 6.82. The number of nitrogens with two attached hydrogens (primary N) is 1. The summed E-state index contributed by atoms with van der Waals surface area (Å²) in [5, 5.41) is 0.967. The van der Waals surface area contributed by atoms with Crippen LogP contribution in [-0.4, -0.2) is 11.6 Å². The van der Waals surface area contributed by atoms with Crippen molar-refractivity contribution in [3.63, 3.8) is 0 Å². The highest BCUT2D eigenvalue weighted by Crippen LogP contribution is 2.32. The highest BCUT2D eigenvalue weighted by Gasteiger charge is 2.06. The average Bonchev–Trinajstić information content (AvgIpc) is 2.51. The maximum Gasteiger partial charge on any atom is 0.145 e. The van der Waals surface area contributed by atoms with Gasteiger partial charge in [-0.25, -0.2) is 0 Å². The predicted molar refractivity (Wildman–Crippen MR) is 83.8 cm³/mol. The van der Waals surface area contributed by atoms with Crippen molar-refractivity contribution in [2.45, 2.75) is 6.92 Å². The Morgan fingerprint density at radius 3 is 2.81 bits per heavy atom. The lowest BCUT2D eigenvalue weighted by Crippen LogP contribution is -1.97. The molecule has 106 valence electrons. The largest absolute Gasteiger partial charge is 0.492 e. The van der Waals surface area contributed by atoms with E-state index in [0.29, 0.717) is 23.8 Å². The molecular formula is C17H16N2O2. The van der Waals surface area contributed by atoms with E-state index in [1.165, 1.54) is 0 Å². The first kappa shape index (κ1) is 13.2. The zero-order chi connectivity index (χ0) is 14.7. The Morgan fingerprint density at radius 1 is 1.05 bits per heavy atom. The van der Waals surface area contributed by atoms with Crippen molar-refractivity contribution in [1.29, 1.82) is 0 Å². The van der Waals surface area contributed by atoms with Gasteiger partial charge in [-0.3, -0.25) is 4.98 Å². The molecule has 0 bridgehead atoms. The molecule has 0 saturated carbocycles. The summed E-state index contributed by atoms with van der Waals surface area (Å²) in [6, 6.07) is 15.1. The fourth-order valence-electron chi connectivity index (χ4n) is 2.15. The van der Waals surface area contributed by atoms with Crippen LogP contribution in [0.2, 0.25) is 0 Å². The second-order valence-corrected chi connectivity index (χ2v) is 4.56. The third-order valence-electron chi connectivity index (χ3n) is 3.12. The third kappa shape index (κ3) is 2.74. The van der Waals surface area contributed by atoms with Crippen molar-refractivity contribution in [3.05, 3.63) is 54.7 Å². The topological polar surface area (TPSA) is 57.4 Å². The first-order valence-corrected chi connectivity index (χ1v) is 6.82. The number of nitrogen functional groups attached to an aromatic ring is 1. The van der Waals surface area contributed by atoms with Crippen LogP contribution in [0.1, 0.15) is 6.92 Å². The molecule has 4 nitrogen and oxygen atoms in total. The summed E-state index contributed by atoms with van der Waals surface area (Å²) in [4.78, 5) is 4.32. The van der Waals surface area contributed by atoms with E-state index >= 15 is 0 Å². The molecule has 0 aliphatic heterocycles. The van der Waals surface area contributed by atoms with E-state index in [1.807, 2.05) is 43.3 Å². The molecule has 0 saturated heterocycles. The molecule has 21 heavy (non-hydrogen) atoms. The van der Waals surface area contributed by atoms with Gasteiger partial charge in [-0.2, -0.15) is 0 Å². The van der Waals surface area contributed by atoms with E-state index in [1.54, 1.807) is 18.3 Å². The molecule has 0 radical (unpaired) electrons. The third-order valence-corrected chi connectivity index (χ3v) is 3.12. The summed E-state index contributed by atoms with van der Waals surface area (Å²) in [6.07, 6.45) is 1.77. The monoisotopic (exact) mass is 280 g/mol. The van der Waals surface area contributed by atoms with Crippen molar-refractivity contribution < 1.29 is 9.47 Å². The molecular weight excluding hydrogens is 264 g/mol. The van der Waals surface area contributed by atoms with Crippen molar-refractivity contribution in [3.8, 4) is 17.2 Å². The zero-order valence-corrected chi connectivity index (χ0v) is 11.7. The molecule has 0 amide bonds. The van der Waals surface area contributed by atoms with Crippen LogP contribution in [0, 0.1) is 0 Å². The minimum absolute atomic E-state index is 0.561. The smallest absolute Gasteiger partial charge is 0.145 e. The first-order chi connectivity index (χ1) is 10.3. The van der Waals surface area contributed by atoms with E-state index in [-0.39, 0.29) is 0 Å². The van der Waals surface area contributed by atoms with Crippen LogP contribution in [0.5, 0.6) is 17.2 Å². The van der Waals surface area contributed by atoms with Crippen molar-refractivity contribution >= 4 is 16.6 Å². The maximum atomic E-state index is 5.96. The Morgan fingerprint density at radius 2 is 1.95 bits per heavy atom. The number of ether oxygens (including phenoxy) is 2. The molecule has 0 atom stereocenters. The van der Waals surface area contributed by atoms with E-state index in [2.05, 4.69) is 4.98 Å². The van der Waals surface area contributed by atoms with Crippen LogP contribution in [0.4, 0.5) is 5.69 Å². The lowest BCUT2D eigenvalue weighted by atomic mass is 10.2. The fourth-order valence-corrected chi connectivity index (χ4v) is 2.15. The fraction of sp³-hybridized carbons (Fsp3) is 0.118. The number of hydrogen-bond donors (Lipinski definition) is 1. The van der Waals surface area contributed by atoms with Crippen LogP contribution in [0.25, 0.3) is 10.9 Å². The quantitative estimate of drug-likeness (QED) is 0.734. The van der Waals surface area contributed by atoms with E-state index in [9.17, 15) is 0 Å². The number of benzene rings is 2. The molecule has 1 aromatic heterocycles. The van der Waals surface area contributed by atoms with Gasteiger partial charge in [0.1, 0.15) is 17.2 Å². The van der Waals surface area contributed by atoms with Gasteiger partial charge in [0.05, 0.1) is 17.8 Å². The SMILES string of the molecule is CCOc1cc(Oc2cccc3ncccc23)ccc1N. The van der Waals surface area contributed by atoms with Gasteiger partial charge in [0, 0.05) is 17.6 Å². The number of anilines is 1. The van der Waals surface area contributed by atoms with Gasteiger partial charge >= 0.3 is 0 Å². The summed E-state index contributed by atoms with van der Waals surface area (Å²) < 4.78 is 11.4. The summed E-state index contributed by atoms with van der Waals surface area (Å²) in [5.74, 6) is 2.07. The standard InChI is InChI=1S/C17H16N2O2/c1-2-20-17-11-12(8-9-14(17)18)21-16-7-3-6-15-13(16)5-4-10-19-15/h3-11H,2,18H2,1H3. The Labute approximate surface area is 123 Å². The second-order valence-electron chi connectivity index (χ2n) is 4.56. The molecule has 4 heteroatoms. The van der Waals surface area contributed by atoms with E-state index in [4.69, 9.17) is 15.2 Å². The van der Waals surface area contributed by atoms with E-state index in [0.717, 1.165) is 16.7 Å². The van der Waals surface area contributed by atoms with Crippen LogP contribution in [0.3, 0.4) is 0 Å². The Hall–Kier alpha value is -2.75. The molecule has 0 fully saturated rings. The average molecular weight is 280 g/mol. The normalized spacial score (nSPS) is 10.5. The number of rotatable bonds is 4.